The summed E-state index contributed by atoms with van der Waals surface area (Å²) in [6, 6.07) is 21.7. The molecule has 0 spiro atoms. The molecule has 3 aromatic carbocycles. The third-order valence-corrected chi connectivity index (χ3v) is 5.28. The van der Waals surface area contributed by atoms with Gasteiger partial charge in [-0.15, -0.1) is 0 Å². The van der Waals surface area contributed by atoms with Crippen LogP contribution >= 0.6 is 22.6 Å². The van der Waals surface area contributed by atoms with Gasteiger partial charge in [-0.25, -0.2) is 9.82 Å². The van der Waals surface area contributed by atoms with E-state index in [2.05, 4.69) is 37.7 Å². The molecule has 0 radical (unpaired) electrons. The van der Waals surface area contributed by atoms with E-state index >= 15 is 0 Å². The van der Waals surface area contributed by atoms with Crippen molar-refractivity contribution in [2.45, 2.75) is 6.54 Å². The van der Waals surface area contributed by atoms with E-state index in [1.807, 2.05) is 42.6 Å². The topological polar surface area (TPSA) is 46.4 Å². The Labute approximate surface area is 181 Å². The molecule has 1 aromatic heterocycles. The van der Waals surface area contributed by atoms with E-state index < -0.39 is 0 Å². The number of carbonyl (C=O) groups is 1. The van der Waals surface area contributed by atoms with E-state index in [0.717, 1.165) is 25.6 Å². The number of benzene rings is 3. The lowest BCUT2D eigenvalue weighted by Gasteiger charge is -2.05. The molecule has 144 valence electrons. The zero-order valence-electron chi connectivity index (χ0n) is 15.3. The Balaban J connectivity index is 1.55. The number of fused-ring (bicyclic) bond motifs is 1. The molecular weight excluding hydrogens is 480 g/mol. The van der Waals surface area contributed by atoms with Gasteiger partial charge in [-0.3, -0.25) is 4.79 Å². The molecule has 0 fully saturated rings. The van der Waals surface area contributed by atoms with Crippen molar-refractivity contribution in [1.29, 1.82) is 0 Å². The van der Waals surface area contributed by atoms with Gasteiger partial charge in [-0.2, -0.15) is 5.10 Å². The van der Waals surface area contributed by atoms with Crippen molar-refractivity contribution >= 4 is 45.6 Å². The van der Waals surface area contributed by atoms with Gasteiger partial charge < -0.3 is 4.57 Å². The lowest BCUT2D eigenvalue weighted by atomic mass is 10.2. The first-order valence-electron chi connectivity index (χ1n) is 9.01. The van der Waals surface area contributed by atoms with Gasteiger partial charge in [0.15, 0.2) is 0 Å². The predicted molar refractivity (Wildman–Crippen MR) is 122 cm³/mol. The highest BCUT2D eigenvalue weighted by Gasteiger charge is 2.08. The van der Waals surface area contributed by atoms with Gasteiger partial charge in [0, 0.05) is 38.3 Å². The molecule has 0 saturated carbocycles. The van der Waals surface area contributed by atoms with Gasteiger partial charge in [-0.1, -0.05) is 30.3 Å². The lowest BCUT2D eigenvalue weighted by Crippen LogP contribution is -2.17. The summed E-state index contributed by atoms with van der Waals surface area (Å²) in [5.41, 5.74) is 6.07. The summed E-state index contributed by atoms with van der Waals surface area (Å²) in [5.74, 6) is -0.504. The van der Waals surface area contributed by atoms with Crippen LogP contribution in [-0.2, 0) is 6.54 Å². The van der Waals surface area contributed by atoms with Gasteiger partial charge in [0.1, 0.15) is 5.82 Å². The fraction of sp³-hybridized carbons (Fsp3) is 0.0435. The Morgan fingerprint density at radius 2 is 1.76 bits per heavy atom. The quantitative estimate of drug-likeness (QED) is 0.230. The van der Waals surface area contributed by atoms with Crippen molar-refractivity contribution in [2.24, 2.45) is 5.10 Å². The van der Waals surface area contributed by atoms with Gasteiger partial charge in [-0.05, 0) is 70.6 Å². The van der Waals surface area contributed by atoms with Crippen molar-refractivity contribution in [3.05, 3.63) is 105 Å². The fourth-order valence-electron chi connectivity index (χ4n) is 3.12. The lowest BCUT2D eigenvalue weighted by molar-refractivity contribution is 0.0955. The highest BCUT2D eigenvalue weighted by atomic mass is 127. The maximum Gasteiger partial charge on any atom is 0.271 e. The molecule has 0 aliphatic rings. The number of amides is 1. The van der Waals surface area contributed by atoms with E-state index in [-0.39, 0.29) is 11.7 Å². The number of nitrogens with one attached hydrogen (secondary N) is 1. The third kappa shape index (κ3) is 4.54. The standard InChI is InChI=1S/C23H17FIN3O/c24-19-9-5-16(6-10-19)14-28-15-18(21-3-1-2-4-22(21)28)13-26-27-23(29)17-7-11-20(25)12-8-17/h1-13,15H,14H2,(H,27,29)/b26-13-. The number of carbonyl (C=O) groups excluding carboxylic acids is 1. The molecule has 29 heavy (non-hydrogen) atoms. The van der Waals surface area contributed by atoms with E-state index in [4.69, 9.17) is 0 Å². The monoisotopic (exact) mass is 497 g/mol. The smallest absolute Gasteiger partial charge is 0.271 e. The molecule has 0 aliphatic heterocycles. The molecular formula is C23H17FIN3O. The Hall–Kier alpha value is -3.00. The normalized spacial score (nSPS) is 11.2. The Kier molecular flexibility index (Phi) is 5.71. The summed E-state index contributed by atoms with van der Waals surface area (Å²) in [6.07, 6.45) is 3.63. The van der Waals surface area contributed by atoms with Crippen molar-refractivity contribution in [3.8, 4) is 0 Å². The number of halogens is 2. The molecule has 0 aliphatic carbocycles. The van der Waals surface area contributed by atoms with Crippen LogP contribution in [0.5, 0.6) is 0 Å². The van der Waals surface area contributed by atoms with Crippen LogP contribution in [0.4, 0.5) is 4.39 Å². The second-order valence-corrected chi connectivity index (χ2v) is 7.81. The summed E-state index contributed by atoms with van der Waals surface area (Å²) in [4.78, 5) is 12.2. The zero-order chi connectivity index (χ0) is 20.2. The van der Waals surface area contributed by atoms with E-state index in [1.165, 1.54) is 12.1 Å². The van der Waals surface area contributed by atoms with Crippen LogP contribution in [0.3, 0.4) is 0 Å². The first kappa shape index (κ1) is 19.3. The first-order chi connectivity index (χ1) is 14.1. The second-order valence-electron chi connectivity index (χ2n) is 6.56. The number of aromatic nitrogens is 1. The predicted octanol–water partition coefficient (Wildman–Crippen LogP) is 5.20. The molecule has 6 heteroatoms. The molecule has 1 N–H and O–H groups in total. The number of hydrogen-bond donors (Lipinski definition) is 1. The van der Waals surface area contributed by atoms with Crippen molar-refractivity contribution in [3.63, 3.8) is 0 Å². The average Bonchev–Trinajstić information content (AvgIpc) is 3.08. The summed E-state index contributed by atoms with van der Waals surface area (Å²) in [5, 5.41) is 5.16. The van der Waals surface area contributed by atoms with Crippen LogP contribution in [0.1, 0.15) is 21.5 Å². The number of nitrogens with zero attached hydrogens (tertiary/aromatic N) is 2. The second kappa shape index (κ2) is 8.57. The SMILES string of the molecule is O=C(N/N=C\c1cn(Cc2ccc(F)cc2)c2ccccc12)c1ccc(I)cc1. The van der Waals surface area contributed by atoms with Gasteiger partial charge in [0.05, 0.1) is 6.21 Å². The fourth-order valence-corrected chi connectivity index (χ4v) is 3.48. The number of para-hydroxylation sites is 1. The minimum Gasteiger partial charge on any atom is -0.342 e. The van der Waals surface area contributed by atoms with Crippen molar-refractivity contribution < 1.29 is 9.18 Å². The van der Waals surface area contributed by atoms with Crippen LogP contribution in [0.25, 0.3) is 10.9 Å². The van der Waals surface area contributed by atoms with Crippen molar-refractivity contribution in [2.75, 3.05) is 0 Å². The van der Waals surface area contributed by atoms with Gasteiger partial charge in [0.25, 0.3) is 5.91 Å². The Bertz CT molecular complexity index is 1180. The summed E-state index contributed by atoms with van der Waals surface area (Å²) < 4.78 is 16.3. The maximum atomic E-state index is 13.2. The highest BCUT2D eigenvalue weighted by Crippen LogP contribution is 2.21. The summed E-state index contributed by atoms with van der Waals surface area (Å²) in [7, 11) is 0. The van der Waals surface area contributed by atoms with Crippen LogP contribution < -0.4 is 5.43 Å². The highest BCUT2D eigenvalue weighted by molar-refractivity contribution is 14.1. The molecule has 0 unspecified atom stereocenters. The average molecular weight is 497 g/mol. The number of hydrazone groups is 1. The maximum absolute atomic E-state index is 13.2. The first-order valence-corrected chi connectivity index (χ1v) is 10.1. The molecule has 4 rings (SSSR count). The number of hydrogen-bond acceptors (Lipinski definition) is 2. The minimum absolute atomic E-state index is 0.247. The molecule has 1 amide bonds. The summed E-state index contributed by atoms with van der Waals surface area (Å²) in [6.45, 7) is 0.615. The van der Waals surface area contributed by atoms with Gasteiger partial charge in [0.2, 0.25) is 0 Å². The van der Waals surface area contributed by atoms with Crippen LogP contribution in [0.15, 0.2) is 84.1 Å². The minimum atomic E-state index is -0.257. The van der Waals surface area contributed by atoms with E-state index in [9.17, 15) is 9.18 Å². The molecule has 4 aromatic rings. The van der Waals surface area contributed by atoms with Crippen molar-refractivity contribution in [1.82, 2.24) is 9.99 Å². The Morgan fingerprint density at radius 1 is 1.03 bits per heavy atom. The third-order valence-electron chi connectivity index (χ3n) is 4.56. The summed E-state index contributed by atoms with van der Waals surface area (Å²) >= 11 is 2.19. The molecule has 1 heterocycles. The van der Waals surface area contributed by atoms with Gasteiger partial charge >= 0.3 is 0 Å². The van der Waals surface area contributed by atoms with E-state index in [1.54, 1.807) is 30.5 Å². The van der Waals surface area contributed by atoms with Crippen LogP contribution in [0.2, 0.25) is 0 Å². The largest absolute Gasteiger partial charge is 0.342 e. The number of rotatable bonds is 5. The molecule has 0 saturated heterocycles. The molecule has 0 atom stereocenters. The van der Waals surface area contributed by atoms with Crippen LogP contribution in [0, 0.1) is 9.39 Å². The van der Waals surface area contributed by atoms with E-state index in [0.29, 0.717) is 12.1 Å². The van der Waals surface area contributed by atoms with Crippen LogP contribution in [-0.4, -0.2) is 16.7 Å². The molecule has 0 bridgehead atoms. The Morgan fingerprint density at radius 3 is 2.52 bits per heavy atom. The zero-order valence-corrected chi connectivity index (χ0v) is 17.5. The molecule has 4 nitrogen and oxygen atoms in total.